The van der Waals surface area contributed by atoms with E-state index in [9.17, 15) is 4.79 Å². The number of rotatable bonds is 3. The van der Waals surface area contributed by atoms with Gasteiger partial charge in [0.2, 0.25) is 0 Å². The van der Waals surface area contributed by atoms with Crippen LogP contribution in [0.4, 0.5) is 10.5 Å². The molecule has 1 aromatic rings. The predicted octanol–water partition coefficient (Wildman–Crippen LogP) is 4.18. The number of hydrogen-bond acceptors (Lipinski definition) is 2. The van der Waals surface area contributed by atoms with Crippen LogP contribution in [0.15, 0.2) is 18.2 Å². The number of halogens is 1. The Balaban J connectivity index is 1.46. The highest BCUT2D eigenvalue weighted by Gasteiger charge is 2.27. The number of nitrogens with one attached hydrogen (secondary N) is 2. The fourth-order valence-electron chi connectivity index (χ4n) is 3.76. The molecule has 0 radical (unpaired) electrons. The van der Waals surface area contributed by atoms with Gasteiger partial charge in [0.1, 0.15) is 0 Å². The van der Waals surface area contributed by atoms with Gasteiger partial charge in [0, 0.05) is 25.2 Å². The molecule has 1 saturated heterocycles. The summed E-state index contributed by atoms with van der Waals surface area (Å²) in [6, 6.07) is 6.53. The highest BCUT2D eigenvalue weighted by atomic mass is 35.5. The second-order valence-corrected chi connectivity index (χ2v) is 7.24. The molecule has 0 atom stereocenters. The summed E-state index contributed by atoms with van der Waals surface area (Å²) in [7, 11) is 0. The van der Waals surface area contributed by atoms with E-state index in [2.05, 4.69) is 15.5 Å². The van der Waals surface area contributed by atoms with Gasteiger partial charge in [-0.3, -0.25) is 0 Å². The number of likely N-dealkylation sites (tertiary alicyclic amines) is 1. The van der Waals surface area contributed by atoms with Gasteiger partial charge >= 0.3 is 6.03 Å². The van der Waals surface area contributed by atoms with Gasteiger partial charge in [0.05, 0.1) is 10.7 Å². The first-order chi connectivity index (χ1) is 11.1. The molecule has 5 heteroatoms. The third-order valence-corrected chi connectivity index (χ3v) is 5.41. The molecule has 1 heterocycles. The summed E-state index contributed by atoms with van der Waals surface area (Å²) in [5, 5.41) is 6.53. The molecule has 2 aliphatic rings. The Morgan fingerprint density at radius 1 is 1.17 bits per heavy atom. The zero-order valence-electron chi connectivity index (χ0n) is 13.8. The number of nitrogens with zero attached hydrogens (tertiary/aromatic N) is 1. The van der Waals surface area contributed by atoms with Crippen molar-refractivity contribution >= 4 is 23.3 Å². The van der Waals surface area contributed by atoms with Crippen molar-refractivity contribution in [1.82, 2.24) is 10.2 Å². The van der Waals surface area contributed by atoms with E-state index in [1.165, 1.54) is 25.7 Å². The predicted molar refractivity (Wildman–Crippen MR) is 95.2 cm³/mol. The first-order valence-corrected chi connectivity index (χ1v) is 9.07. The minimum Gasteiger partial charge on any atom is -0.335 e. The lowest BCUT2D eigenvalue weighted by atomic mass is 10.0. The topological polar surface area (TPSA) is 44.4 Å². The minimum absolute atomic E-state index is 0.156. The second-order valence-electron chi connectivity index (χ2n) is 6.83. The van der Waals surface area contributed by atoms with Crippen molar-refractivity contribution in [1.29, 1.82) is 0 Å². The first-order valence-electron chi connectivity index (χ1n) is 8.69. The van der Waals surface area contributed by atoms with E-state index in [-0.39, 0.29) is 12.1 Å². The van der Waals surface area contributed by atoms with Gasteiger partial charge in [-0.15, -0.1) is 0 Å². The molecule has 23 heavy (non-hydrogen) atoms. The van der Waals surface area contributed by atoms with Crippen LogP contribution in [-0.2, 0) is 0 Å². The van der Waals surface area contributed by atoms with E-state index < -0.39 is 0 Å². The number of amides is 2. The Labute approximate surface area is 143 Å². The highest BCUT2D eigenvalue weighted by molar-refractivity contribution is 6.33. The van der Waals surface area contributed by atoms with E-state index in [1.54, 1.807) is 0 Å². The molecule has 0 aromatic heterocycles. The molecule has 1 aromatic carbocycles. The van der Waals surface area contributed by atoms with E-state index in [0.29, 0.717) is 10.7 Å². The molecule has 1 saturated carbocycles. The summed E-state index contributed by atoms with van der Waals surface area (Å²) in [6.07, 6.45) is 7.52. The van der Waals surface area contributed by atoms with Crippen molar-refractivity contribution in [2.45, 2.75) is 57.5 Å². The molecular weight excluding hydrogens is 310 g/mol. The zero-order valence-corrected chi connectivity index (χ0v) is 14.5. The maximum atomic E-state index is 12.2. The second kappa shape index (κ2) is 7.54. The lowest BCUT2D eigenvalue weighted by Gasteiger charge is -2.36. The van der Waals surface area contributed by atoms with Crippen LogP contribution < -0.4 is 10.6 Å². The molecule has 0 bridgehead atoms. The molecule has 0 unspecified atom stereocenters. The van der Waals surface area contributed by atoms with Crippen LogP contribution >= 0.6 is 11.6 Å². The lowest BCUT2D eigenvalue weighted by molar-refractivity contribution is 0.147. The number of benzene rings is 1. The largest absolute Gasteiger partial charge is 0.335 e. The van der Waals surface area contributed by atoms with Gasteiger partial charge in [-0.05, 0) is 50.3 Å². The van der Waals surface area contributed by atoms with Crippen LogP contribution in [0.2, 0.25) is 5.02 Å². The van der Waals surface area contributed by atoms with Gasteiger partial charge in [-0.2, -0.15) is 0 Å². The van der Waals surface area contributed by atoms with Crippen LogP contribution in [0, 0.1) is 6.92 Å². The van der Waals surface area contributed by atoms with Crippen molar-refractivity contribution in [2.75, 3.05) is 18.4 Å². The Morgan fingerprint density at radius 2 is 1.87 bits per heavy atom. The van der Waals surface area contributed by atoms with Gasteiger partial charge in [0.15, 0.2) is 0 Å². The Hall–Kier alpha value is -1.26. The molecule has 4 nitrogen and oxygen atoms in total. The van der Waals surface area contributed by atoms with E-state index >= 15 is 0 Å². The number of piperidine rings is 1. The molecule has 1 aliphatic heterocycles. The molecule has 0 spiro atoms. The standard InChI is InChI=1S/C18H26ClN3O/c1-13-6-7-16(19)17(12-13)21-18(23)20-14-8-10-22(11-9-14)15-4-2-3-5-15/h6-7,12,14-15H,2-5,8-11H2,1H3,(H2,20,21,23). The molecule has 3 rings (SSSR count). The molecule has 126 valence electrons. The number of aryl methyl sites for hydroxylation is 1. The zero-order chi connectivity index (χ0) is 16.2. The van der Waals surface area contributed by atoms with Gasteiger partial charge in [-0.25, -0.2) is 4.79 Å². The quantitative estimate of drug-likeness (QED) is 0.870. The normalized spacial score (nSPS) is 20.6. The van der Waals surface area contributed by atoms with Crippen molar-refractivity contribution in [3.63, 3.8) is 0 Å². The summed E-state index contributed by atoms with van der Waals surface area (Å²) >= 11 is 6.13. The van der Waals surface area contributed by atoms with Crippen molar-refractivity contribution in [3.8, 4) is 0 Å². The van der Waals surface area contributed by atoms with Crippen LogP contribution in [0.1, 0.15) is 44.1 Å². The summed E-state index contributed by atoms with van der Waals surface area (Å²) in [4.78, 5) is 14.8. The van der Waals surface area contributed by atoms with Crippen molar-refractivity contribution in [3.05, 3.63) is 28.8 Å². The fraction of sp³-hybridized carbons (Fsp3) is 0.611. The van der Waals surface area contributed by atoms with Crippen molar-refractivity contribution in [2.24, 2.45) is 0 Å². The Bertz CT molecular complexity index is 549. The van der Waals surface area contributed by atoms with Crippen LogP contribution in [0.5, 0.6) is 0 Å². The number of urea groups is 1. The molecule has 1 aliphatic carbocycles. The lowest BCUT2D eigenvalue weighted by Crippen LogP contribution is -2.48. The highest BCUT2D eigenvalue weighted by Crippen LogP contribution is 2.26. The average Bonchev–Trinajstić information content (AvgIpc) is 3.06. The summed E-state index contributed by atoms with van der Waals surface area (Å²) < 4.78 is 0. The summed E-state index contributed by atoms with van der Waals surface area (Å²) in [6.45, 7) is 4.18. The molecular formula is C18H26ClN3O. The number of anilines is 1. The maximum absolute atomic E-state index is 12.2. The Kier molecular flexibility index (Phi) is 5.44. The van der Waals surface area contributed by atoms with Gasteiger partial charge in [-0.1, -0.05) is 30.5 Å². The number of hydrogen-bond donors (Lipinski definition) is 2. The maximum Gasteiger partial charge on any atom is 0.319 e. The molecule has 2 N–H and O–H groups in total. The fourth-order valence-corrected chi connectivity index (χ4v) is 3.92. The minimum atomic E-state index is -0.156. The third-order valence-electron chi connectivity index (χ3n) is 5.08. The Morgan fingerprint density at radius 3 is 2.57 bits per heavy atom. The van der Waals surface area contributed by atoms with Crippen LogP contribution in [-0.4, -0.2) is 36.1 Å². The number of carbonyl (C=O) groups excluding carboxylic acids is 1. The molecule has 2 fully saturated rings. The van der Waals surface area contributed by atoms with Crippen LogP contribution in [0.25, 0.3) is 0 Å². The average molecular weight is 336 g/mol. The van der Waals surface area contributed by atoms with Crippen LogP contribution in [0.3, 0.4) is 0 Å². The van der Waals surface area contributed by atoms with Crippen molar-refractivity contribution < 1.29 is 4.79 Å². The summed E-state index contributed by atoms with van der Waals surface area (Å²) in [5.41, 5.74) is 1.75. The SMILES string of the molecule is Cc1ccc(Cl)c(NC(=O)NC2CCN(C3CCCC3)CC2)c1. The first kappa shape index (κ1) is 16.6. The van der Waals surface area contributed by atoms with E-state index in [0.717, 1.165) is 37.5 Å². The number of carbonyl (C=O) groups is 1. The van der Waals surface area contributed by atoms with Gasteiger partial charge in [0.25, 0.3) is 0 Å². The summed E-state index contributed by atoms with van der Waals surface area (Å²) in [5.74, 6) is 0. The monoisotopic (exact) mass is 335 g/mol. The van der Waals surface area contributed by atoms with E-state index in [1.807, 2.05) is 25.1 Å². The third kappa shape index (κ3) is 4.39. The van der Waals surface area contributed by atoms with Gasteiger partial charge < -0.3 is 15.5 Å². The van der Waals surface area contributed by atoms with E-state index in [4.69, 9.17) is 11.6 Å². The smallest absolute Gasteiger partial charge is 0.319 e. The molecule has 2 amide bonds.